The maximum atomic E-state index is 10.4. The first-order valence-corrected chi connectivity index (χ1v) is 10.0. The smallest absolute Gasteiger partial charge is 0.381 e. The van der Waals surface area contributed by atoms with Crippen molar-refractivity contribution in [1.29, 1.82) is 0 Å². The Bertz CT molecular complexity index is 546. The lowest BCUT2D eigenvalue weighted by atomic mass is 10.1. The van der Waals surface area contributed by atoms with Crippen molar-refractivity contribution in [3.05, 3.63) is 29.8 Å². The summed E-state index contributed by atoms with van der Waals surface area (Å²) in [5.41, 5.74) is 1.32. The van der Waals surface area contributed by atoms with Gasteiger partial charge in [-0.15, -0.1) is 18.2 Å². The van der Waals surface area contributed by atoms with Crippen LogP contribution in [-0.2, 0) is 9.59 Å². The highest BCUT2D eigenvalue weighted by atomic mass is 32.2. The second kappa shape index (κ2) is 16.5. The van der Waals surface area contributed by atoms with Crippen LogP contribution in [0.3, 0.4) is 0 Å². The van der Waals surface area contributed by atoms with Crippen LogP contribution in [0.4, 0.5) is 0 Å². The second-order valence-corrected chi connectivity index (χ2v) is 7.25. The van der Waals surface area contributed by atoms with Crippen LogP contribution in [0.25, 0.3) is 0 Å². The van der Waals surface area contributed by atoms with Crippen LogP contribution in [0.5, 0.6) is 0 Å². The molecular formula is C21H30O4S. The van der Waals surface area contributed by atoms with E-state index in [9.17, 15) is 4.79 Å². The molecule has 0 spiro atoms. The number of unbranched alkanes of at least 4 members (excludes halogenated alkanes) is 7. The van der Waals surface area contributed by atoms with Gasteiger partial charge in [0.2, 0.25) is 0 Å². The Morgan fingerprint density at radius 2 is 1.38 bits per heavy atom. The van der Waals surface area contributed by atoms with E-state index in [1.54, 1.807) is 0 Å². The number of thioether (sulfide) groups is 1. The zero-order chi connectivity index (χ0) is 19.6. The van der Waals surface area contributed by atoms with E-state index in [2.05, 4.69) is 37.6 Å². The van der Waals surface area contributed by atoms with Gasteiger partial charge in [0.05, 0.1) is 0 Å². The number of carboxylic acid groups (broad SMARTS) is 2. The van der Waals surface area contributed by atoms with Gasteiger partial charge in [0.1, 0.15) is 0 Å². The Hall–Kier alpha value is -1.93. The summed E-state index contributed by atoms with van der Waals surface area (Å²) in [4.78, 5) is 20.9. The van der Waals surface area contributed by atoms with E-state index >= 15 is 0 Å². The van der Waals surface area contributed by atoms with Crippen LogP contribution < -0.4 is 0 Å². The van der Waals surface area contributed by atoms with Crippen molar-refractivity contribution in [2.75, 3.05) is 5.75 Å². The van der Waals surface area contributed by atoms with Gasteiger partial charge in [-0.25, -0.2) is 4.79 Å². The molecule has 0 aliphatic carbocycles. The summed E-state index contributed by atoms with van der Waals surface area (Å²) < 4.78 is 0. The number of hydrogen-bond donors (Lipinski definition) is 2. The highest BCUT2D eigenvalue weighted by Crippen LogP contribution is 2.20. The molecule has 0 heterocycles. The van der Waals surface area contributed by atoms with Crippen LogP contribution >= 0.6 is 11.8 Å². The third-order valence-electron chi connectivity index (χ3n) is 3.70. The van der Waals surface area contributed by atoms with Gasteiger partial charge in [-0.2, -0.15) is 0 Å². The summed E-state index contributed by atoms with van der Waals surface area (Å²) in [6, 6.07) is 8.76. The minimum Gasteiger partial charge on any atom is -0.481 e. The average Bonchev–Trinajstić information content (AvgIpc) is 2.61. The summed E-state index contributed by atoms with van der Waals surface area (Å²) in [5.74, 6) is 0.771. The molecule has 1 rings (SSSR count). The van der Waals surface area contributed by atoms with E-state index < -0.39 is 11.9 Å². The summed E-state index contributed by atoms with van der Waals surface area (Å²) in [5, 5.41) is 16.0. The number of rotatable bonds is 12. The summed E-state index contributed by atoms with van der Waals surface area (Å²) >= 11 is 1.95. The molecule has 0 aromatic heterocycles. The number of carbonyl (C=O) groups is 2. The van der Waals surface area contributed by atoms with Gasteiger partial charge in [0.15, 0.2) is 0 Å². The highest BCUT2D eigenvalue weighted by molar-refractivity contribution is 7.99. The summed E-state index contributed by atoms with van der Waals surface area (Å²) in [7, 11) is 0. The molecule has 0 aliphatic heterocycles. The molecule has 0 amide bonds. The van der Waals surface area contributed by atoms with E-state index in [-0.39, 0.29) is 0 Å². The van der Waals surface area contributed by atoms with Gasteiger partial charge in [-0.05, 0) is 37.7 Å². The number of aliphatic carboxylic acids is 2. The molecule has 0 bridgehead atoms. The zero-order valence-corrected chi connectivity index (χ0v) is 16.4. The van der Waals surface area contributed by atoms with Crippen molar-refractivity contribution in [1.82, 2.24) is 0 Å². The van der Waals surface area contributed by atoms with Crippen molar-refractivity contribution < 1.29 is 19.8 Å². The van der Waals surface area contributed by atoms with Gasteiger partial charge < -0.3 is 10.2 Å². The van der Waals surface area contributed by atoms with E-state index in [1.807, 2.05) is 11.8 Å². The molecule has 144 valence electrons. The third-order valence-corrected chi connectivity index (χ3v) is 4.80. The van der Waals surface area contributed by atoms with Crippen LogP contribution in [0.15, 0.2) is 29.2 Å². The SMILES string of the molecule is C#CC(=O)O.Cc1ccc(SCCCCCCCCCCC(=O)O)cc1. The number of terminal acetylenes is 1. The number of carboxylic acids is 2. The van der Waals surface area contributed by atoms with E-state index in [1.165, 1.54) is 60.7 Å². The first kappa shape index (κ1) is 24.1. The average molecular weight is 379 g/mol. The summed E-state index contributed by atoms with van der Waals surface area (Å²) in [6.07, 6.45) is 14.2. The van der Waals surface area contributed by atoms with Crippen molar-refractivity contribution in [3.8, 4) is 12.3 Å². The molecule has 0 atom stereocenters. The normalized spacial score (nSPS) is 9.69. The summed E-state index contributed by atoms with van der Waals surface area (Å²) in [6.45, 7) is 2.12. The van der Waals surface area contributed by atoms with E-state index in [0.717, 1.165) is 12.8 Å². The van der Waals surface area contributed by atoms with Crippen molar-refractivity contribution in [2.45, 2.75) is 69.6 Å². The van der Waals surface area contributed by atoms with Gasteiger partial charge in [-0.1, -0.05) is 56.2 Å². The molecule has 4 nitrogen and oxygen atoms in total. The molecule has 0 radical (unpaired) electrons. The van der Waals surface area contributed by atoms with Gasteiger partial charge >= 0.3 is 11.9 Å². The van der Waals surface area contributed by atoms with Gasteiger partial charge in [-0.3, -0.25) is 4.79 Å². The molecule has 5 heteroatoms. The lowest BCUT2D eigenvalue weighted by Crippen LogP contribution is -1.93. The minimum atomic E-state index is -1.22. The fourth-order valence-corrected chi connectivity index (χ4v) is 3.18. The molecule has 1 aromatic rings. The maximum Gasteiger partial charge on any atom is 0.381 e. The molecule has 0 fully saturated rings. The standard InChI is InChI=1S/C18H28O2S.C3H2O2/c1-16-11-13-17(14-12-16)21-15-9-7-5-3-2-4-6-8-10-18(19)20;1-2-3(4)5/h11-14H,2-10,15H2,1H3,(H,19,20);1H,(H,4,5). The maximum absolute atomic E-state index is 10.4. The quantitative estimate of drug-likeness (QED) is 0.290. The molecule has 0 saturated carbocycles. The van der Waals surface area contributed by atoms with Gasteiger partial charge in [0.25, 0.3) is 0 Å². The van der Waals surface area contributed by atoms with E-state index in [4.69, 9.17) is 15.0 Å². The Morgan fingerprint density at radius 3 is 1.85 bits per heavy atom. The number of hydrogen-bond acceptors (Lipinski definition) is 3. The first-order chi connectivity index (χ1) is 12.5. The predicted octanol–water partition coefficient (Wildman–Crippen LogP) is 5.39. The Labute approximate surface area is 161 Å². The van der Waals surface area contributed by atoms with Crippen LogP contribution in [-0.4, -0.2) is 27.9 Å². The molecule has 0 saturated heterocycles. The molecule has 1 aromatic carbocycles. The molecular weight excluding hydrogens is 348 g/mol. The van der Waals surface area contributed by atoms with Crippen molar-refractivity contribution >= 4 is 23.7 Å². The van der Waals surface area contributed by atoms with Crippen molar-refractivity contribution in [3.63, 3.8) is 0 Å². The number of aryl methyl sites for hydroxylation is 1. The zero-order valence-electron chi connectivity index (χ0n) is 15.6. The van der Waals surface area contributed by atoms with Crippen LogP contribution in [0, 0.1) is 19.3 Å². The molecule has 2 N–H and O–H groups in total. The molecule has 0 unspecified atom stereocenters. The van der Waals surface area contributed by atoms with Crippen LogP contribution in [0.1, 0.15) is 63.4 Å². The Morgan fingerprint density at radius 1 is 0.923 bits per heavy atom. The molecule has 0 aliphatic rings. The van der Waals surface area contributed by atoms with E-state index in [0.29, 0.717) is 6.42 Å². The Balaban J connectivity index is 0.00000110. The lowest BCUT2D eigenvalue weighted by Gasteiger charge is -2.03. The fraction of sp³-hybridized carbons (Fsp3) is 0.524. The Kier molecular flexibility index (Phi) is 15.3. The minimum absolute atomic E-state index is 0.330. The largest absolute Gasteiger partial charge is 0.481 e. The molecule has 26 heavy (non-hydrogen) atoms. The second-order valence-electron chi connectivity index (χ2n) is 6.08. The highest BCUT2D eigenvalue weighted by Gasteiger charge is 1.97. The first-order valence-electron chi connectivity index (χ1n) is 9.06. The van der Waals surface area contributed by atoms with Gasteiger partial charge in [0, 0.05) is 17.2 Å². The van der Waals surface area contributed by atoms with Crippen LogP contribution in [0.2, 0.25) is 0 Å². The fourth-order valence-electron chi connectivity index (χ4n) is 2.26. The number of benzene rings is 1. The lowest BCUT2D eigenvalue weighted by molar-refractivity contribution is -0.137. The third kappa shape index (κ3) is 16.9. The predicted molar refractivity (Wildman–Crippen MR) is 108 cm³/mol. The monoisotopic (exact) mass is 378 g/mol. The van der Waals surface area contributed by atoms with Crippen molar-refractivity contribution in [2.24, 2.45) is 0 Å². The topological polar surface area (TPSA) is 74.6 Å².